The van der Waals surface area contributed by atoms with Gasteiger partial charge in [-0.25, -0.2) is 4.98 Å². The minimum atomic E-state index is -0.103. The van der Waals surface area contributed by atoms with Gasteiger partial charge in [0.1, 0.15) is 5.82 Å². The minimum Gasteiger partial charge on any atom is -0.353 e. The number of pyridine rings is 1. The Morgan fingerprint density at radius 1 is 1.27 bits per heavy atom. The number of nitrogens with two attached hydrogens (primary N) is 1. The second kappa shape index (κ2) is 8.29. The number of nitrogens with one attached hydrogen (secondary N) is 1. The molecule has 7 nitrogen and oxygen atoms in total. The van der Waals surface area contributed by atoms with E-state index in [1.165, 1.54) is 11.3 Å². The molecule has 3 heterocycles. The molecule has 0 bridgehead atoms. The van der Waals surface area contributed by atoms with E-state index < -0.39 is 0 Å². The fraction of sp³-hybridized carbons (Fsp3) is 0.389. The summed E-state index contributed by atoms with van der Waals surface area (Å²) in [6.07, 6.45) is 1.75. The molecule has 0 atom stereocenters. The first-order valence-corrected chi connectivity index (χ1v) is 9.46. The number of nitrogens with zero attached hydrogens (tertiary/aromatic N) is 3. The van der Waals surface area contributed by atoms with Gasteiger partial charge in [0.25, 0.3) is 5.91 Å². The SMILES string of the molecule is CC(=O)N1CCN(c2cc(CNC(=O)c3sccc3CN)ccn2)CC1. The lowest BCUT2D eigenvalue weighted by molar-refractivity contribution is -0.129. The van der Waals surface area contributed by atoms with Crippen LogP contribution in [0.2, 0.25) is 0 Å². The highest BCUT2D eigenvalue weighted by atomic mass is 32.1. The number of anilines is 1. The Morgan fingerprint density at radius 3 is 2.73 bits per heavy atom. The lowest BCUT2D eigenvalue weighted by Crippen LogP contribution is -2.48. The van der Waals surface area contributed by atoms with Gasteiger partial charge in [-0.05, 0) is 34.7 Å². The van der Waals surface area contributed by atoms with Crippen LogP contribution in [0.4, 0.5) is 5.82 Å². The zero-order valence-corrected chi connectivity index (χ0v) is 15.6. The largest absolute Gasteiger partial charge is 0.353 e. The fourth-order valence-electron chi connectivity index (χ4n) is 2.95. The lowest BCUT2D eigenvalue weighted by atomic mass is 10.2. The van der Waals surface area contributed by atoms with Gasteiger partial charge in [-0.2, -0.15) is 0 Å². The van der Waals surface area contributed by atoms with Gasteiger partial charge in [0.05, 0.1) is 4.88 Å². The Balaban J connectivity index is 1.59. The van der Waals surface area contributed by atoms with Crippen LogP contribution < -0.4 is 16.0 Å². The van der Waals surface area contributed by atoms with E-state index >= 15 is 0 Å². The number of amides is 2. The molecule has 2 amide bonds. The summed E-state index contributed by atoms with van der Waals surface area (Å²) in [6.45, 7) is 5.33. The normalized spacial score (nSPS) is 14.4. The maximum atomic E-state index is 12.3. The van der Waals surface area contributed by atoms with Gasteiger partial charge in [-0.1, -0.05) is 0 Å². The average Bonchev–Trinajstić information content (AvgIpc) is 3.15. The molecule has 26 heavy (non-hydrogen) atoms. The Hall–Kier alpha value is -2.45. The lowest BCUT2D eigenvalue weighted by Gasteiger charge is -2.35. The smallest absolute Gasteiger partial charge is 0.261 e. The van der Waals surface area contributed by atoms with Gasteiger partial charge in [0.15, 0.2) is 0 Å². The highest BCUT2D eigenvalue weighted by Crippen LogP contribution is 2.17. The van der Waals surface area contributed by atoms with Crippen molar-refractivity contribution >= 4 is 29.0 Å². The fourth-order valence-corrected chi connectivity index (χ4v) is 3.80. The number of piperazine rings is 1. The monoisotopic (exact) mass is 373 g/mol. The molecule has 0 aliphatic carbocycles. The Labute approximate surface area is 156 Å². The third kappa shape index (κ3) is 4.20. The maximum absolute atomic E-state index is 12.3. The second-order valence-electron chi connectivity index (χ2n) is 6.18. The van der Waals surface area contributed by atoms with Crippen LogP contribution in [0.1, 0.15) is 27.7 Å². The van der Waals surface area contributed by atoms with Crippen molar-refractivity contribution in [1.82, 2.24) is 15.2 Å². The molecule has 0 radical (unpaired) electrons. The van der Waals surface area contributed by atoms with Crippen LogP contribution in [-0.2, 0) is 17.9 Å². The Kier molecular flexibility index (Phi) is 5.85. The van der Waals surface area contributed by atoms with Crippen LogP contribution in [0.15, 0.2) is 29.8 Å². The molecule has 0 unspecified atom stereocenters. The van der Waals surface area contributed by atoms with E-state index in [9.17, 15) is 9.59 Å². The maximum Gasteiger partial charge on any atom is 0.261 e. The summed E-state index contributed by atoms with van der Waals surface area (Å²) in [5, 5.41) is 4.82. The molecule has 1 fully saturated rings. The molecule has 8 heteroatoms. The first-order chi connectivity index (χ1) is 12.6. The van der Waals surface area contributed by atoms with E-state index in [-0.39, 0.29) is 11.8 Å². The predicted octanol–water partition coefficient (Wildman–Crippen LogP) is 1.20. The van der Waals surface area contributed by atoms with Crippen molar-refractivity contribution in [3.05, 3.63) is 45.8 Å². The summed E-state index contributed by atoms with van der Waals surface area (Å²) >= 11 is 1.40. The summed E-state index contributed by atoms with van der Waals surface area (Å²) in [6, 6.07) is 5.76. The first kappa shape index (κ1) is 18.3. The standard InChI is InChI=1S/C18H23N5O2S/c1-13(24)22-5-7-23(8-6-22)16-10-14(2-4-20-16)12-21-18(25)17-15(11-19)3-9-26-17/h2-4,9-10H,5-8,11-12,19H2,1H3,(H,21,25). The molecule has 138 valence electrons. The third-order valence-electron chi connectivity index (χ3n) is 4.48. The van der Waals surface area contributed by atoms with Crippen molar-refractivity contribution in [2.24, 2.45) is 5.73 Å². The molecule has 0 aromatic carbocycles. The first-order valence-electron chi connectivity index (χ1n) is 8.58. The summed E-state index contributed by atoms with van der Waals surface area (Å²) in [7, 11) is 0. The van der Waals surface area contributed by atoms with E-state index in [4.69, 9.17) is 5.73 Å². The topological polar surface area (TPSA) is 91.6 Å². The van der Waals surface area contributed by atoms with E-state index in [1.54, 1.807) is 13.1 Å². The summed E-state index contributed by atoms with van der Waals surface area (Å²) in [5.74, 6) is 0.882. The molecule has 1 aliphatic heterocycles. The number of thiophene rings is 1. The van der Waals surface area contributed by atoms with E-state index in [0.717, 1.165) is 30.0 Å². The zero-order chi connectivity index (χ0) is 18.5. The van der Waals surface area contributed by atoms with Gasteiger partial charge in [0.2, 0.25) is 5.91 Å². The van der Waals surface area contributed by atoms with E-state index in [1.807, 2.05) is 28.5 Å². The van der Waals surface area contributed by atoms with Gasteiger partial charge >= 0.3 is 0 Å². The summed E-state index contributed by atoms with van der Waals surface area (Å²) in [5.41, 5.74) is 7.52. The molecular formula is C18H23N5O2S. The van der Waals surface area contributed by atoms with E-state index in [2.05, 4.69) is 15.2 Å². The molecule has 3 rings (SSSR count). The summed E-state index contributed by atoms with van der Waals surface area (Å²) in [4.78, 5) is 32.9. The van der Waals surface area contributed by atoms with Crippen molar-refractivity contribution < 1.29 is 9.59 Å². The van der Waals surface area contributed by atoms with Crippen LogP contribution in [-0.4, -0.2) is 47.9 Å². The van der Waals surface area contributed by atoms with Crippen LogP contribution in [0.25, 0.3) is 0 Å². The molecule has 0 spiro atoms. The quantitative estimate of drug-likeness (QED) is 0.822. The van der Waals surface area contributed by atoms with E-state index in [0.29, 0.717) is 31.1 Å². The highest BCUT2D eigenvalue weighted by molar-refractivity contribution is 7.12. The van der Waals surface area contributed by atoms with Crippen LogP contribution in [0.5, 0.6) is 0 Å². The number of hydrogen-bond acceptors (Lipinski definition) is 6. The number of carbonyl (C=O) groups excluding carboxylic acids is 2. The Morgan fingerprint density at radius 2 is 2.04 bits per heavy atom. The minimum absolute atomic E-state index is 0.103. The number of aromatic nitrogens is 1. The van der Waals surface area contributed by atoms with Gasteiger partial charge < -0.3 is 20.9 Å². The molecular weight excluding hydrogens is 350 g/mol. The number of rotatable bonds is 5. The van der Waals surface area contributed by atoms with Crippen molar-refractivity contribution in [2.75, 3.05) is 31.1 Å². The van der Waals surface area contributed by atoms with Crippen LogP contribution >= 0.6 is 11.3 Å². The number of hydrogen-bond donors (Lipinski definition) is 2. The van der Waals surface area contributed by atoms with Crippen molar-refractivity contribution in [3.63, 3.8) is 0 Å². The molecule has 2 aromatic rings. The molecule has 0 saturated carbocycles. The van der Waals surface area contributed by atoms with Gasteiger partial charge in [-0.15, -0.1) is 11.3 Å². The molecule has 1 aliphatic rings. The molecule has 3 N–H and O–H groups in total. The second-order valence-corrected chi connectivity index (χ2v) is 7.09. The number of carbonyl (C=O) groups is 2. The predicted molar refractivity (Wildman–Crippen MR) is 102 cm³/mol. The third-order valence-corrected chi connectivity index (χ3v) is 5.44. The molecule has 1 saturated heterocycles. The van der Waals surface area contributed by atoms with Crippen LogP contribution in [0, 0.1) is 0 Å². The van der Waals surface area contributed by atoms with Crippen molar-refractivity contribution in [3.8, 4) is 0 Å². The van der Waals surface area contributed by atoms with Gasteiger partial charge in [0, 0.05) is 52.4 Å². The summed E-state index contributed by atoms with van der Waals surface area (Å²) < 4.78 is 0. The van der Waals surface area contributed by atoms with Crippen molar-refractivity contribution in [2.45, 2.75) is 20.0 Å². The Bertz CT molecular complexity index is 783. The van der Waals surface area contributed by atoms with Crippen LogP contribution in [0.3, 0.4) is 0 Å². The molecule has 2 aromatic heterocycles. The average molecular weight is 373 g/mol. The van der Waals surface area contributed by atoms with Gasteiger partial charge in [-0.3, -0.25) is 9.59 Å². The zero-order valence-electron chi connectivity index (χ0n) is 14.8. The van der Waals surface area contributed by atoms with Crippen molar-refractivity contribution in [1.29, 1.82) is 0 Å². The highest BCUT2D eigenvalue weighted by Gasteiger charge is 2.19.